The van der Waals surface area contributed by atoms with E-state index in [-0.39, 0.29) is 5.69 Å². The fraction of sp³-hybridized carbons (Fsp3) is 0.0588. The van der Waals surface area contributed by atoms with E-state index in [4.69, 9.17) is 0 Å². The summed E-state index contributed by atoms with van der Waals surface area (Å²) in [6.45, 7) is 0.418. The van der Waals surface area contributed by atoms with E-state index in [0.29, 0.717) is 18.4 Å². The van der Waals surface area contributed by atoms with Gasteiger partial charge in [-0.3, -0.25) is 9.78 Å². The van der Waals surface area contributed by atoms with Crippen LogP contribution in [0.15, 0.2) is 48.9 Å². The molecule has 0 atom stereocenters. The minimum atomic E-state index is -1.66. The number of hydrogen-bond acceptors (Lipinski definition) is 5. The molecule has 3 aromatic rings. The molecule has 0 aliphatic rings. The maximum absolute atomic E-state index is 13.6. The van der Waals surface area contributed by atoms with E-state index in [0.717, 1.165) is 11.8 Å². The maximum atomic E-state index is 13.6. The molecule has 6 nitrogen and oxygen atoms in total. The molecule has 1 amide bonds. The highest BCUT2D eigenvalue weighted by molar-refractivity contribution is 6.02. The van der Waals surface area contributed by atoms with Crippen LogP contribution >= 0.6 is 0 Å². The fourth-order valence-corrected chi connectivity index (χ4v) is 2.03. The molecule has 2 aromatic heterocycles. The Balaban J connectivity index is 1.64. The summed E-state index contributed by atoms with van der Waals surface area (Å²) in [7, 11) is 0. The summed E-state index contributed by atoms with van der Waals surface area (Å²) < 4.78 is 39.7. The van der Waals surface area contributed by atoms with Gasteiger partial charge in [0.25, 0.3) is 5.91 Å². The van der Waals surface area contributed by atoms with Crippen molar-refractivity contribution in [1.82, 2.24) is 15.0 Å². The first kappa shape index (κ1) is 17.3. The van der Waals surface area contributed by atoms with Crippen LogP contribution < -0.4 is 10.6 Å². The Morgan fingerprint density at radius 3 is 2.50 bits per heavy atom. The molecule has 0 bridgehead atoms. The fourth-order valence-electron chi connectivity index (χ4n) is 2.03. The first-order valence-electron chi connectivity index (χ1n) is 7.45. The van der Waals surface area contributed by atoms with Crippen molar-refractivity contribution < 1.29 is 18.0 Å². The number of anilines is 2. The van der Waals surface area contributed by atoms with Gasteiger partial charge < -0.3 is 10.6 Å². The Hall–Kier alpha value is -3.49. The molecular formula is C17H12F3N5O. The van der Waals surface area contributed by atoms with Crippen molar-refractivity contribution in [2.45, 2.75) is 6.54 Å². The number of rotatable bonds is 5. The molecule has 2 heterocycles. The van der Waals surface area contributed by atoms with Crippen LogP contribution in [0.25, 0.3) is 0 Å². The van der Waals surface area contributed by atoms with Gasteiger partial charge in [-0.1, -0.05) is 6.07 Å². The van der Waals surface area contributed by atoms with E-state index in [9.17, 15) is 18.0 Å². The smallest absolute Gasteiger partial charge is 0.275 e. The number of hydrogen-bond donors (Lipinski definition) is 2. The van der Waals surface area contributed by atoms with Gasteiger partial charge in [0, 0.05) is 6.20 Å². The van der Waals surface area contributed by atoms with Crippen LogP contribution in [0.2, 0.25) is 0 Å². The van der Waals surface area contributed by atoms with Crippen molar-refractivity contribution >= 4 is 17.4 Å². The summed E-state index contributed by atoms with van der Waals surface area (Å²) in [5.74, 6) is -4.89. The van der Waals surface area contributed by atoms with Gasteiger partial charge in [-0.15, -0.1) is 0 Å². The second-order valence-corrected chi connectivity index (χ2v) is 5.14. The van der Waals surface area contributed by atoms with Gasteiger partial charge in [0.05, 0.1) is 30.3 Å². The number of benzene rings is 1. The Kier molecular flexibility index (Phi) is 5.07. The summed E-state index contributed by atoms with van der Waals surface area (Å²) in [5, 5.41) is 5.10. The number of nitrogens with zero attached hydrogens (tertiary/aromatic N) is 3. The van der Waals surface area contributed by atoms with Gasteiger partial charge in [0.1, 0.15) is 11.5 Å². The topological polar surface area (TPSA) is 79.8 Å². The summed E-state index contributed by atoms with van der Waals surface area (Å²) in [6, 6.07) is 7.11. The monoisotopic (exact) mass is 359 g/mol. The Morgan fingerprint density at radius 2 is 1.81 bits per heavy atom. The lowest BCUT2D eigenvalue weighted by Crippen LogP contribution is -2.16. The lowest BCUT2D eigenvalue weighted by molar-refractivity contribution is 0.102. The van der Waals surface area contributed by atoms with Gasteiger partial charge in [0.15, 0.2) is 17.5 Å². The zero-order valence-corrected chi connectivity index (χ0v) is 13.2. The van der Waals surface area contributed by atoms with Crippen molar-refractivity contribution in [3.05, 3.63) is 77.8 Å². The molecular weight excluding hydrogens is 347 g/mol. The SMILES string of the molecule is O=C(Nc1ccc(F)c(F)c1F)c1cnc(NCc2ccccn2)cn1. The minimum Gasteiger partial charge on any atom is -0.363 e. The largest absolute Gasteiger partial charge is 0.363 e. The van der Waals surface area contributed by atoms with Crippen molar-refractivity contribution in [2.75, 3.05) is 10.6 Å². The number of pyridine rings is 1. The highest BCUT2D eigenvalue weighted by atomic mass is 19.2. The average Bonchev–Trinajstić information content (AvgIpc) is 2.68. The Bertz CT molecular complexity index is 920. The number of carbonyl (C=O) groups is 1. The average molecular weight is 359 g/mol. The zero-order chi connectivity index (χ0) is 18.5. The van der Waals surface area contributed by atoms with Crippen LogP contribution in [0.4, 0.5) is 24.7 Å². The molecule has 132 valence electrons. The first-order valence-corrected chi connectivity index (χ1v) is 7.45. The van der Waals surface area contributed by atoms with Gasteiger partial charge in [-0.05, 0) is 24.3 Å². The van der Waals surface area contributed by atoms with Gasteiger partial charge >= 0.3 is 0 Å². The molecule has 0 aliphatic carbocycles. The molecule has 0 spiro atoms. The lowest BCUT2D eigenvalue weighted by atomic mass is 10.2. The zero-order valence-electron chi connectivity index (χ0n) is 13.2. The maximum Gasteiger partial charge on any atom is 0.275 e. The number of aromatic nitrogens is 3. The molecule has 3 rings (SSSR count). The highest BCUT2D eigenvalue weighted by Gasteiger charge is 2.16. The molecule has 0 fully saturated rings. The van der Waals surface area contributed by atoms with Crippen LogP contribution in [-0.4, -0.2) is 20.9 Å². The van der Waals surface area contributed by atoms with Crippen LogP contribution in [0.3, 0.4) is 0 Å². The normalized spacial score (nSPS) is 10.4. The third kappa shape index (κ3) is 3.94. The van der Waals surface area contributed by atoms with E-state index in [2.05, 4.69) is 25.6 Å². The van der Waals surface area contributed by atoms with Crippen LogP contribution in [0, 0.1) is 17.5 Å². The minimum absolute atomic E-state index is 0.113. The van der Waals surface area contributed by atoms with Crippen LogP contribution in [-0.2, 0) is 6.54 Å². The van der Waals surface area contributed by atoms with Gasteiger partial charge in [-0.25, -0.2) is 23.1 Å². The highest BCUT2D eigenvalue weighted by Crippen LogP contribution is 2.20. The van der Waals surface area contributed by atoms with Crippen molar-refractivity contribution in [3.63, 3.8) is 0 Å². The summed E-state index contributed by atoms with van der Waals surface area (Å²) in [4.78, 5) is 24.1. The van der Waals surface area contributed by atoms with Crippen molar-refractivity contribution in [1.29, 1.82) is 0 Å². The molecule has 0 saturated carbocycles. The second kappa shape index (κ2) is 7.60. The van der Waals surface area contributed by atoms with Crippen molar-refractivity contribution in [3.8, 4) is 0 Å². The van der Waals surface area contributed by atoms with Gasteiger partial charge in [0.2, 0.25) is 0 Å². The predicted molar refractivity (Wildman–Crippen MR) is 87.9 cm³/mol. The Labute approximate surface area is 146 Å². The van der Waals surface area contributed by atoms with Crippen molar-refractivity contribution in [2.24, 2.45) is 0 Å². The van der Waals surface area contributed by atoms with Crippen LogP contribution in [0.5, 0.6) is 0 Å². The van der Waals surface area contributed by atoms with E-state index in [1.165, 1.54) is 12.4 Å². The molecule has 26 heavy (non-hydrogen) atoms. The van der Waals surface area contributed by atoms with E-state index in [1.807, 2.05) is 12.1 Å². The Morgan fingerprint density at radius 1 is 0.962 bits per heavy atom. The number of nitrogens with one attached hydrogen (secondary N) is 2. The molecule has 0 aliphatic heterocycles. The summed E-state index contributed by atoms with van der Waals surface area (Å²) in [6.07, 6.45) is 4.15. The third-order valence-corrected chi connectivity index (χ3v) is 3.34. The molecule has 1 aromatic carbocycles. The second-order valence-electron chi connectivity index (χ2n) is 5.14. The van der Waals surface area contributed by atoms with E-state index < -0.39 is 29.0 Å². The predicted octanol–water partition coefficient (Wildman–Crippen LogP) is 3.15. The van der Waals surface area contributed by atoms with Gasteiger partial charge in [-0.2, -0.15) is 0 Å². The molecule has 9 heteroatoms. The van der Waals surface area contributed by atoms with E-state index >= 15 is 0 Å². The number of carbonyl (C=O) groups excluding carboxylic acids is 1. The molecule has 2 N–H and O–H groups in total. The summed E-state index contributed by atoms with van der Waals surface area (Å²) in [5.41, 5.74) is 0.190. The van der Waals surface area contributed by atoms with E-state index in [1.54, 1.807) is 12.3 Å². The summed E-state index contributed by atoms with van der Waals surface area (Å²) >= 11 is 0. The standard InChI is InChI=1S/C17H12F3N5O/c18-11-4-5-12(16(20)15(11)19)25-17(26)13-8-24-14(9-22-13)23-7-10-3-1-2-6-21-10/h1-6,8-9H,7H2,(H,23,24)(H,25,26). The molecule has 0 radical (unpaired) electrons. The quantitative estimate of drug-likeness (QED) is 0.684. The first-order chi connectivity index (χ1) is 12.5. The van der Waals surface area contributed by atoms with Crippen LogP contribution in [0.1, 0.15) is 16.2 Å². The third-order valence-electron chi connectivity index (χ3n) is 3.34. The lowest BCUT2D eigenvalue weighted by Gasteiger charge is -2.08. The molecule has 0 unspecified atom stereocenters. The number of amides is 1. The number of halogens is 3. The molecule has 0 saturated heterocycles.